The Morgan fingerprint density at radius 3 is 2.81 bits per heavy atom. The smallest absolute Gasteiger partial charge is 0.273 e. The number of imidazole rings is 1. The molecule has 10 nitrogen and oxygen atoms in total. The van der Waals surface area contributed by atoms with Gasteiger partial charge in [0.25, 0.3) is 5.91 Å². The topological polar surface area (TPSA) is 149 Å². The summed E-state index contributed by atoms with van der Waals surface area (Å²) in [6.45, 7) is -0.451. The highest BCUT2D eigenvalue weighted by molar-refractivity contribution is 5.97. The number of ether oxygens (including phenoxy) is 1. The molecule has 3 heterocycles. The highest BCUT2D eigenvalue weighted by Crippen LogP contribution is 2.33. The lowest BCUT2D eigenvalue weighted by molar-refractivity contribution is -0.0520. The minimum absolute atomic E-state index is 0.00512. The van der Waals surface area contributed by atoms with Crippen LogP contribution in [0.1, 0.15) is 16.7 Å². The van der Waals surface area contributed by atoms with E-state index >= 15 is 0 Å². The first kappa shape index (κ1) is 14.2. The normalized spacial score (nSPS) is 35.8. The van der Waals surface area contributed by atoms with Crippen molar-refractivity contribution in [3.05, 3.63) is 12.0 Å². The average molecular weight is 300 g/mol. The number of carbonyl (C=O) groups is 1. The fraction of sp³-hybridized carbons (Fsp3) is 0.636. The minimum Gasteiger partial charge on any atom is -0.394 e. The molecule has 0 bridgehead atoms. The Kier molecular flexibility index (Phi) is 3.55. The third-order valence-electron chi connectivity index (χ3n) is 3.56. The summed E-state index contributed by atoms with van der Waals surface area (Å²) >= 11 is 0. The van der Waals surface area contributed by atoms with Gasteiger partial charge in [-0.15, -0.1) is 0 Å². The van der Waals surface area contributed by atoms with E-state index in [1.54, 1.807) is 0 Å². The zero-order chi connectivity index (χ0) is 15.1. The van der Waals surface area contributed by atoms with E-state index in [4.69, 9.17) is 9.84 Å². The number of hydrogen-bond donors (Lipinski definition) is 6. The largest absolute Gasteiger partial charge is 0.394 e. The summed E-state index contributed by atoms with van der Waals surface area (Å²) in [5.41, 5.74) is 0.0456. The van der Waals surface area contributed by atoms with Gasteiger partial charge in [0.1, 0.15) is 30.4 Å². The Morgan fingerprint density at radius 1 is 1.38 bits per heavy atom. The maximum atomic E-state index is 11.8. The Labute approximate surface area is 119 Å². The van der Waals surface area contributed by atoms with E-state index in [1.807, 2.05) is 0 Å². The number of aliphatic hydroxyl groups excluding tert-OH is 4. The van der Waals surface area contributed by atoms with Gasteiger partial charge in [0.2, 0.25) is 0 Å². The van der Waals surface area contributed by atoms with Crippen molar-refractivity contribution < 1.29 is 30.0 Å². The molecule has 5 atom stereocenters. The molecule has 6 N–H and O–H groups in total. The summed E-state index contributed by atoms with van der Waals surface area (Å²) in [7, 11) is 0. The number of fused-ring (bicyclic) bond motifs is 1. The summed E-state index contributed by atoms with van der Waals surface area (Å²) in [6, 6.07) is 0. The summed E-state index contributed by atoms with van der Waals surface area (Å²) in [6.07, 6.45) is -4.29. The monoisotopic (exact) mass is 300 g/mol. The molecule has 116 valence electrons. The van der Waals surface area contributed by atoms with Crippen molar-refractivity contribution in [2.45, 2.75) is 30.8 Å². The Bertz CT molecular complexity index is 549. The molecule has 1 unspecified atom stereocenters. The third-order valence-corrected chi connectivity index (χ3v) is 3.56. The van der Waals surface area contributed by atoms with Gasteiger partial charge >= 0.3 is 0 Å². The van der Waals surface area contributed by atoms with Gasteiger partial charge in [0.05, 0.1) is 19.5 Å². The van der Waals surface area contributed by atoms with Crippen molar-refractivity contribution in [3.8, 4) is 0 Å². The van der Waals surface area contributed by atoms with Crippen LogP contribution in [0.5, 0.6) is 0 Å². The molecule has 2 aliphatic heterocycles. The average Bonchev–Trinajstić information content (AvgIpc) is 2.95. The lowest BCUT2D eigenvalue weighted by Crippen LogP contribution is -2.34. The van der Waals surface area contributed by atoms with Gasteiger partial charge < -0.3 is 35.8 Å². The molecule has 3 rings (SSSR count). The molecule has 0 aliphatic carbocycles. The Hall–Kier alpha value is -1.72. The zero-order valence-corrected chi connectivity index (χ0v) is 10.9. The molecule has 1 aromatic rings. The van der Waals surface area contributed by atoms with E-state index in [2.05, 4.69) is 15.6 Å². The lowest BCUT2D eigenvalue weighted by atomic mass is 10.1. The minimum atomic E-state index is -1.30. The number of β-amino-alcohol motifs (C(OH)–C–C–N with tert-alkyl or cyclic N) is 1. The SMILES string of the molecule is O=C1NCC(O)Nc2c1ncn2[C@@H]1O[C@H](CO)[C@@H](O)[C@H]1O. The van der Waals surface area contributed by atoms with Crippen molar-refractivity contribution >= 4 is 11.7 Å². The summed E-state index contributed by atoms with van der Waals surface area (Å²) in [4.78, 5) is 15.7. The molecular weight excluding hydrogens is 284 g/mol. The number of aliphatic hydroxyl groups is 4. The fourth-order valence-corrected chi connectivity index (χ4v) is 2.45. The second kappa shape index (κ2) is 5.24. The van der Waals surface area contributed by atoms with Crippen molar-refractivity contribution in [1.82, 2.24) is 14.9 Å². The molecule has 1 amide bonds. The fourth-order valence-electron chi connectivity index (χ4n) is 2.45. The van der Waals surface area contributed by atoms with E-state index < -0.39 is 43.3 Å². The standard InChI is InChI=1S/C11H16N4O6/c16-2-4-7(18)8(19)11(21-4)15-3-13-6-9(15)14-5(17)1-12-10(6)20/h3-5,7-8,11,14,16-19H,1-2H2,(H,12,20)/t4-,5?,7-,8-,11-/m1/s1. The third kappa shape index (κ3) is 2.26. The van der Waals surface area contributed by atoms with Crippen LogP contribution in [0.15, 0.2) is 6.33 Å². The van der Waals surface area contributed by atoms with Gasteiger partial charge in [0, 0.05) is 0 Å². The van der Waals surface area contributed by atoms with Crippen LogP contribution in [0.3, 0.4) is 0 Å². The quantitative estimate of drug-likeness (QED) is 0.338. The number of nitrogens with one attached hydrogen (secondary N) is 2. The molecule has 1 aromatic heterocycles. The van der Waals surface area contributed by atoms with Crippen LogP contribution in [0, 0.1) is 0 Å². The maximum absolute atomic E-state index is 11.8. The number of nitrogens with zero attached hydrogens (tertiary/aromatic N) is 2. The van der Waals surface area contributed by atoms with E-state index in [9.17, 15) is 20.1 Å². The first-order chi connectivity index (χ1) is 10.0. The van der Waals surface area contributed by atoms with E-state index in [0.717, 1.165) is 0 Å². The second-order valence-electron chi connectivity index (χ2n) is 4.95. The number of amides is 1. The molecule has 21 heavy (non-hydrogen) atoms. The van der Waals surface area contributed by atoms with Crippen molar-refractivity contribution in [1.29, 1.82) is 0 Å². The van der Waals surface area contributed by atoms with Crippen LogP contribution in [0.2, 0.25) is 0 Å². The zero-order valence-electron chi connectivity index (χ0n) is 10.9. The predicted molar refractivity (Wildman–Crippen MR) is 67.2 cm³/mol. The molecular formula is C11H16N4O6. The molecule has 0 aromatic carbocycles. The van der Waals surface area contributed by atoms with Crippen molar-refractivity contribution in [2.24, 2.45) is 0 Å². The summed E-state index contributed by atoms with van der Waals surface area (Å²) in [5.74, 6) is -0.299. The summed E-state index contributed by atoms with van der Waals surface area (Å²) < 4.78 is 6.69. The first-order valence-electron chi connectivity index (χ1n) is 6.45. The van der Waals surface area contributed by atoms with Crippen LogP contribution in [-0.4, -0.2) is 73.6 Å². The van der Waals surface area contributed by atoms with Crippen LogP contribution in [0.4, 0.5) is 5.82 Å². The Balaban J connectivity index is 1.96. The van der Waals surface area contributed by atoms with Crippen molar-refractivity contribution in [2.75, 3.05) is 18.5 Å². The lowest BCUT2D eigenvalue weighted by Gasteiger charge is -2.20. The number of aromatic nitrogens is 2. The van der Waals surface area contributed by atoms with Crippen LogP contribution < -0.4 is 10.6 Å². The van der Waals surface area contributed by atoms with Gasteiger partial charge in [-0.3, -0.25) is 9.36 Å². The maximum Gasteiger partial charge on any atom is 0.273 e. The number of rotatable bonds is 2. The van der Waals surface area contributed by atoms with Crippen LogP contribution >= 0.6 is 0 Å². The predicted octanol–water partition coefficient (Wildman–Crippen LogP) is -3.03. The van der Waals surface area contributed by atoms with E-state index in [1.165, 1.54) is 10.9 Å². The van der Waals surface area contributed by atoms with E-state index in [0.29, 0.717) is 0 Å². The molecule has 10 heteroatoms. The number of hydrogen-bond acceptors (Lipinski definition) is 8. The molecule has 1 fully saturated rings. The van der Waals surface area contributed by atoms with Gasteiger partial charge in [-0.1, -0.05) is 0 Å². The summed E-state index contributed by atoms with van der Waals surface area (Å²) in [5, 5.41) is 43.7. The van der Waals surface area contributed by atoms with Gasteiger partial charge in [-0.25, -0.2) is 4.98 Å². The molecule has 0 saturated carbocycles. The Morgan fingerprint density at radius 2 is 2.14 bits per heavy atom. The number of anilines is 1. The van der Waals surface area contributed by atoms with E-state index in [-0.39, 0.29) is 18.1 Å². The molecule has 1 saturated heterocycles. The van der Waals surface area contributed by atoms with Gasteiger partial charge in [0.15, 0.2) is 11.9 Å². The molecule has 0 spiro atoms. The van der Waals surface area contributed by atoms with Crippen molar-refractivity contribution in [3.63, 3.8) is 0 Å². The second-order valence-corrected chi connectivity index (χ2v) is 4.95. The van der Waals surface area contributed by atoms with Crippen LogP contribution in [-0.2, 0) is 4.74 Å². The highest BCUT2D eigenvalue weighted by atomic mass is 16.6. The van der Waals surface area contributed by atoms with Gasteiger partial charge in [-0.05, 0) is 0 Å². The first-order valence-corrected chi connectivity index (χ1v) is 6.45. The molecule has 0 radical (unpaired) electrons. The van der Waals surface area contributed by atoms with Crippen LogP contribution in [0.25, 0.3) is 0 Å². The molecule has 2 aliphatic rings. The van der Waals surface area contributed by atoms with Gasteiger partial charge in [-0.2, -0.15) is 0 Å². The number of carbonyl (C=O) groups excluding carboxylic acids is 1. The highest BCUT2D eigenvalue weighted by Gasteiger charge is 2.44.